The van der Waals surface area contributed by atoms with Crippen LogP contribution in [-0.2, 0) is 0 Å². The van der Waals surface area contributed by atoms with Crippen molar-refractivity contribution in [2.75, 3.05) is 6.54 Å². The van der Waals surface area contributed by atoms with Gasteiger partial charge in [-0.2, -0.15) is 0 Å². The molecule has 0 radical (unpaired) electrons. The summed E-state index contributed by atoms with van der Waals surface area (Å²) < 4.78 is 0. The van der Waals surface area contributed by atoms with E-state index in [4.69, 9.17) is 0 Å². The molecule has 0 saturated heterocycles. The van der Waals surface area contributed by atoms with Crippen LogP contribution in [0.5, 0.6) is 5.75 Å². The molecule has 2 rings (SSSR count). The minimum atomic E-state index is -0.520. The number of hydrogen-bond acceptors (Lipinski definition) is 4. The molecule has 0 amide bonds. The van der Waals surface area contributed by atoms with Crippen LogP contribution < -0.4 is 15.8 Å². The Hall–Kier alpha value is -3.27. The van der Waals surface area contributed by atoms with E-state index < -0.39 is 5.41 Å². The molecule has 0 unspecified atom stereocenters. The van der Waals surface area contributed by atoms with Crippen molar-refractivity contribution in [3.63, 3.8) is 0 Å². The second-order valence-corrected chi connectivity index (χ2v) is 8.62. The van der Waals surface area contributed by atoms with Crippen molar-refractivity contribution >= 4 is 17.8 Å². The van der Waals surface area contributed by atoms with Gasteiger partial charge in [-0.25, -0.2) is 0 Å². The highest BCUT2D eigenvalue weighted by Crippen LogP contribution is 2.28. The summed E-state index contributed by atoms with van der Waals surface area (Å²) in [6, 6.07) is 7.95. The van der Waals surface area contributed by atoms with Gasteiger partial charge in [-0.05, 0) is 48.4 Å². The Morgan fingerprint density at radius 3 is 2.42 bits per heavy atom. The largest absolute Gasteiger partial charge is 0.512 e. The molecule has 4 heteroatoms. The summed E-state index contributed by atoms with van der Waals surface area (Å²) in [5, 5.41) is 25.7. The van der Waals surface area contributed by atoms with Crippen LogP contribution in [0, 0.1) is 5.41 Å². The van der Waals surface area contributed by atoms with Crippen molar-refractivity contribution in [1.82, 2.24) is 10.3 Å². The summed E-state index contributed by atoms with van der Waals surface area (Å²) >= 11 is 0. The Bertz CT molecular complexity index is 1120. The Kier molecular flexibility index (Phi) is 7.87. The molecule has 0 aliphatic rings. The zero-order valence-corrected chi connectivity index (χ0v) is 19.3. The third-order valence-electron chi connectivity index (χ3n) is 5.12. The summed E-state index contributed by atoms with van der Waals surface area (Å²) in [6.45, 7) is 18.0. The van der Waals surface area contributed by atoms with Gasteiger partial charge in [0, 0.05) is 23.7 Å². The highest BCUT2D eigenvalue weighted by molar-refractivity contribution is 5.70. The van der Waals surface area contributed by atoms with Crippen LogP contribution in [0.3, 0.4) is 0 Å². The first-order chi connectivity index (χ1) is 14.5. The highest BCUT2D eigenvalue weighted by Gasteiger charge is 2.22. The van der Waals surface area contributed by atoms with Gasteiger partial charge in [0.1, 0.15) is 11.4 Å². The van der Waals surface area contributed by atoms with Gasteiger partial charge in [0.05, 0.1) is 11.5 Å². The van der Waals surface area contributed by atoms with Crippen LogP contribution in [0.25, 0.3) is 29.0 Å². The Labute approximate surface area is 185 Å². The number of nitrogens with one attached hydrogen (secondary N) is 1. The number of allylic oxidation sites excluding steroid dienone is 2. The van der Waals surface area contributed by atoms with Crippen molar-refractivity contribution in [2.24, 2.45) is 5.41 Å². The van der Waals surface area contributed by atoms with Crippen LogP contribution in [0.2, 0.25) is 0 Å². The predicted octanol–water partition coefficient (Wildman–Crippen LogP) is 5.05. The van der Waals surface area contributed by atoms with E-state index in [1.54, 1.807) is 12.3 Å². The molecule has 2 aromatic rings. The third-order valence-corrected chi connectivity index (χ3v) is 5.12. The van der Waals surface area contributed by atoms with Gasteiger partial charge in [0.2, 0.25) is 0 Å². The first kappa shape index (κ1) is 24.0. The van der Waals surface area contributed by atoms with Crippen molar-refractivity contribution in [3.05, 3.63) is 77.2 Å². The van der Waals surface area contributed by atoms with E-state index in [0.717, 1.165) is 22.8 Å². The molecule has 164 valence electrons. The fraction of sp³-hybridized carbons (Fsp3) is 0.296. The molecule has 0 aliphatic heterocycles. The first-order valence-corrected chi connectivity index (χ1v) is 10.5. The van der Waals surface area contributed by atoms with E-state index in [1.807, 2.05) is 19.9 Å². The first-order valence-electron chi connectivity index (χ1n) is 10.5. The van der Waals surface area contributed by atoms with Gasteiger partial charge >= 0.3 is 0 Å². The summed E-state index contributed by atoms with van der Waals surface area (Å²) in [7, 11) is 0. The van der Waals surface area contributed by atoms with Crippen molar-refractivity contribution in [3.8, 4) is 16.9 Å². The molecule has 0 bridgehead atoms. The molecule has 0 spiro atoms. The maximum Gasteiger partial charge on any atom is 0.143 e. The number of rotatable bonds is 8. The lowest BCUT2D eigenvalue weighted by molar-refractivity contribution is 0.259. The minimum absolute atomic E-state index is 0.0506. The predicted molar refractivity (Wildman–Crippen MR) is 132 cm³/mol. The Morgan fingerprint density at radius 2 is 1.84 bits per heavy atom. The highest BCUT2D eigenvalue weighted by atomic mass is 16.3. The van der Waals surface area contributed by atoms with Gasteiger partial charge in [-0.1, -0.05) is 69.9 Å². The van der Waals surface area contributed by atoms with E-state index >= 15 is 0 Å². The van der Waals surface area contributed by atoms with E-state index in [9.17, 15) is 10.2 Å². The molecule has 1 aromatic heterocycles. The Morgan fingerprint density at radius 1 is 1.13 bits per heavy atom. The average molecular weight is 419 g/mol. The van der Waals surface area contributed by atoms with E-state index in [0.29, 0.717) is 17.9 Å². The average Bonchev–Trinajstić information content (AvgIpc) is 2.71. The number of aliphatic hydroxyl groups excluding tert-OH is 1. The third kappa shape index (κ3) is 6.35. The summed E-state index contributed by atoms with van der Waals surface area (Å²) in [5.41, 5.74) is 3.39. The van der Waals surface area contributed by atoms with E-state index in [1.165, 1.54) is 10.8 Å². The molecular formula is C27H34N2O2. The maximum atomic E-state index is 10.6. The number of nitrogens with zero attached hydrogens (tertiary/aromatic N) is 1. The Balaban J connectivity index is 2.37. The molecule has 0 aliphatic carbocycles. The van der Waals surface area contributed by atoms with Crippen molar-refractivity contribution in [1.29, 1.82) is 0 Å². The lowest BCUT2D eigenvalue weighted by Gasteiger charge is -2.24. The number of aromatic hydroxyl groups is 1. The maximum absolute atomic E-state index is 10.6. The van der Waals surface area contributed by atoms with Crippen LogP contribution in [0.15, 0.2) is 61.0 Å². The quantitative estimate of drug-likeness (QED) is 0.525. The zero-order valence-electron chi connectivity index (χ0n) is 19.3. The summed E-state index contributed by atoms with van der Waals surface area (Å²) in [6.07, 6.45) is 9.11. The van der Waals surface area contributed by atoms with Gasteiger partial charge in [-0.3, -0.25) is 4.98 Å². The molecule has 1 aromatic carbocycles. The number of aliphatic hydroxyl groups is 1. The molecule has 0 fully saturated rings. The van der Waals surface area contributed by atoms with E-state index in [-0.39, 0.29) is 11.5 Å². The van der Waals surface area contributed by atoms with Crippen molar-refractivity contribution in [2.45, 2.75) is 41.0 Å². The zero-order chi connectivity index (χ0) is 23.2. The molecule has 4 nitrogen and oxygen atoms in total. The summed E-state index contributed by atoms with van der Waals surface area (Å²) in [4.78, 5) is 4.44. The molecule has 0 atom stereocenters. The molecular weight excluding hydrogens is 384 g/mol. The number of aromatic nitrogens is 1. The number of hydrogen-bond donors (Lipinski definition) is 3. The van der Waals surface area contributed by atoms with Gasteiger partial charge < -0.3 is 15.5 Å². The van der Waals surface area contributed by atoms with Crippen LogP contribution in [0.1, 0.15) is 46.7 Å². The molecule has 0 saturated carbocycles. The van der Waals surface area contributed by atoms with Crippen LogP contribution in [-0.4, -0.2) is 21.7 Å². The van der Waals surface area contributed by atoms with Gasteiger partial charge in [0.25, 0.3) is 0 Å². The fourth-order valence-electron chi connectivity index (χ4n) is 2.92. The lowest BCUT2D eigenvalue weighted by Crippen LogP contribution is -2.29. The molecule has 31 heavy (non-hydrogen) atoms. The molecule has 1 heterocycles. The second-order valence-electron chi connectivity index (χ2n) is 8.62. The smallest absolute Gasteiger partial charge is 0.143 e. The van der Waals surface area contributed by atoms with E-state index in [2.05, 4.69) is 74.6 Å². The van der Waals surface area contributed by atoms with Crippen molar-refractivity contribution < 1.29 is 10.2 Å². The van der Waals surface area contributed by atoms with Gasteiger partial charge in [0.15, 0.2) is 0 Å². The standard InChI is InChI=1S/C27H34N2O2/c1-8-9-21-12-13-23(14-22(21)11-10-18(2)3)24-15-25(31)26(28-16-24)19(4)29-17-27(6,7)20(5)30/h9-16,29-31H,4-5,8,17H2,1-3,6-7H3/b21-9+,22-11-. The topological polar surface area (TPSA) is 65.4 Å². The lowest BCUT2D eigenvalue weighted by atomic mass is 9.91. The molecule has 3 N–H and O–H groups in total. The van der Waals surface area contributed by atoms with Crippen LogP contribution >= 0.6 is 0 Å². The summed E-state index contributed by atoms with van der Waals surface area (Å²) in [5.74, 6) is 0.138. The number of pyridine rings is 1. The van der Waals surface area contributed by atoms with Crippen LogP contribution in [0.4, 0.5) is 0 Å². The minimum Gasteiger partial charge on any atom is -0.512 e. The number of benzene rings is 1. The fourth-order valence-corrected chi connectivity index (χ4v) is 2.92. The monoisotopic (exact) mass is 418 g/mol. The SMILES string of the molecule is C=C(NCC(C)(C)C(=C)O)c1ncc(-c2ccc(=C\CC)/c(=C\C=C(C)C)c2)cc1O. The van der Waals surface area contributed by atoms with Gasteiger partial charge in [-0.15, -0.1) is 0 Å². The normalized spacial score (nSPS) is 12.5. The second kappa shape index (κ2) is 10.2.